The number of carbonyl (C=O) groups is 1. The van der Waals surface area contributed by atoms with Crippen LogP contribution in [0.3, 0.4) is 0 Å². The van der Waals surface area contributed by atoms with Crippen LogP contribution in [0.15, 0.2) is 18.2 Å². The summed E-state index contributed by atoms with van der Waals surface area (Å²) in [6, 6.07) is 3.24. The van der Waals surface area contributed by atoms with Crippen molar-refractivity contribution < 1.29 is 13.6 Å². The van der Waals surface area contributed by atoms with Gasteiger partial charge in [0.25, 0.3) is 0 Å². The fourth-order valence-corrected chi connectivity index (χ4v) is 1.04. The quantitative estimate of drug-likeness (QED) is 0.797. The molecule has 2 N–H and O–H groups in total. The third kappa shape index (κ3) is 3.63. The zero-order valence-electron chi connectivity index (χ0n) is 8.31. The Labute approximate surface area is 86.5 Å². The SMILES string of the molecule is CNCCC(=O)Nc1ccc(F)c(F)c1. The lowest BCUT2D eigenvalue weighted by molar-refractivity contribution is -0.116. The zero-order chi connectivity index (χ0) is 11.3. The van der Waals surface area contributed by atoms with Crippen molar-refractivity contribution in [3.8, 4) is 0 Å². The van der Waals surface area contributed by atoms with Crippen LogP contribution >= 0.6 is 0 Å². The molecule has 0 aliphatic rings. The molecule has 1 aromatic rings. The first-order chi connectivity index (χ1) is 7.13. The Bertz CT molecular complexity index is 355. The Morgan fingerprint density at radius 1 is 1.33 bits per heavy atom. The van der Waals surface area contributed by atoms with E-state index in [2.05, 4.69) is 10.6 Å². The molecule has 0 aliphatic carbocycles. The summed E-state index contributed by atoms with van der Waals surface area (Å²) >= 11 is 0. The molecule has 15 heavy (non-hydrogen) atoms. The van der Waals surface area contributed by atoms with Gasteiger partial charge in [-0.2, -0.15) is 0 Å². The van der Waals surface area contributed by atoms with Gasteiger partial charge in [0, 0.05) is 24.7 Å². The van der Waals surface area contributed by atoms with Crippen molar-refractivity contribution in [3.63, 3.8) is 0 Å². The molecule has 5 heteroatoms. The van der Waals surface area contributed by atoms with Crippen molar-refractivity contribution in [1.29, 1.82) is 0 Å². The molecule has 82 valence electrons. The first-order valence-electron chi connectivity index (χ1n) is 4.53. The van der Waals surface area contributed by atoms with Gasteiger partial charge < -0.3 is 10.6 Å². The maximum atomic E-state index is 12.7. The summed E-state index contributed by atoms with van der Waals surface area (Å²) in [5, 5.41) is 5.27. The number of nitrogens with one attached hydrogen (secondary N) is 2. The molecular weight excluding hydrogens is 202 g/mol. The number of carbonyl (C=O) groups excluding carboxylic acids is 1. The Hall–Kier alpha value is -1.49. The molecule has 0 aliphatic heterocycles. The molecule has 1 aromatic carbocycles. The van der Waals surface area contributed by atoms with Crippen LogP contribution in [0.5, 0.6) is 0 Å². The highest BCUT2D eigenvalue weighted by molar-refractivity contribution is 5.90. The van der Waals surface area contributed by atoms with Gasteiger partial charge in [0.2, 0.25) is 5.91 Å². The number of benzene rings is 1. The maximum absolute atomic E-state index is 12.7. The average molecular weight is 214 g/mol. The van der Waals surface area contributed by atoms with Crippen molar-refractivity contribution >= 4 is 11.6 Å². The molecular formula is C10H12F2N2O. The van der Waals surface area contributed by atoms with Gasteiger partial charge in [-0.05, 0) is 19.2 Å². The predicted octanol–water partition coefficient (Wildman–Crippen LogP) is 1.51. The third-order valence-corrected chi connectivity index (χ3v) is 1.81. The highest BCUT2D eigenvalue weighted by Crippen LogP contribution is 2.12. The lowest BCUT2D eigenvalue weighted by Crippen LogP contribution is -2.18. The molecule has 0 saturated heterocycles. The van der Waals surface area contributed by atoms with Crippen molar-refractivity contribution in [2.75, 3.05) is 18.9 Å². The number of anilines is 1. The first kappa shape index (κ1) is 11.6. The summed E-state index contributed by atoms with van der Waals surface area (Å²) in [6.45, 7) is 0.537. The van der Waals surface area contributed by atoms with Gasteiger partial charge in [0.1, 0.15) is 0 Å². The minimum absolute atomic E-state index is 0.240. The van der Waals surface area contributed by atoms with Crippen LogP contribution in [0.25, 0.3) is 0 Å². The summed E-state index contributed by atoms with van der Waals surface area (Å²) in [7, 11) is 1.73. The monoisotopic (exact) mass is 214 g/mol. The van der Waals surface area contributed by atoms with Crippen molar-refractivity contribution in [2.45, 2.75) is 6.42 Å². The molecule has 1 amide bonds. The van der Waals surface area contributed by atoms with Gasteiger partial charge in [-0.25, -0.2) is 8.78 Å². The number of hydrogen-bond acceptors (Lipinski definition) is 2. The molecule has 0 heterocycles. The van der Waals surface area contributed by atoms with Crippen LogP contribution in [-0.2, 0) is 4.79 Å². The molecule has 0 spiro atoms. The van der Waals surface area contributed by atoms with E-state index in [1.165, 1.54) is 6.07 Å². The van der Waals surface area contributed by atoms with Crippen molar-refractivity contribution in [3.05, 3.63) is 29.8 Å². The van der Waals surface area contributed by atoms with Crippen molar-refractivity contribution in [2.24, 2.45) is 0 Å². The normalized spacial score (nSPS) is 10.1. The van der Waals surface area contributed by atoms with E-state index in [9.17, 15) is 13.6 Å². The fraction of sp³-hybridized carbons (Fsp3) is 0.300. The lowest BCUT2D eigenvalue weighted by Gasteiger charge is -2.04. The minimum atomic E-state index is -0.971. The zero-order valence-corrected chi connectivity index (χ0v) is 8.31. The highest BCUT2D eigenvalue weighted by Gasteiger charge is 2.05. The second-order valence-corrected chi connectivity index (χ2v) is 3.03. The average Bonchev–Trinajstić information content (AvgIpc) is 2.20. The number of hydrogen-bond donors (Lipinski definition) is 2. The molecule has 0 radical (unpaired) electrons. The predicted molar refractivity (Wildman–Crippen MR) is 53.5 cm³/mol. The summed E-state index contributed by atoms with van der Waals surface area (Å²) in [4.78, 5) is 11.2. The van der Waals surface area contributed by atoms with E-state index >= 15 is 0 Å². The van der Waals surface area contributed by atoms with Crippen molar-refractivity contribution in [1.82, 2.24) is 5.32 Å². The third-order valence-electron chi connectivity index (χ3n) is 1.81. The van der Waals surface area contributed by atoms with E-state index in [0.717, 1.165) is 12.1 Å². The van der Waals surface area contributed by atoms with Gasteiger partial charge in [0.15, 0.2) is 11.6 Å². The van der Waals surface area contributed by atoms with Gasteiger partial charge in [0.05, 0.1) is 0 Å². The van der Waals surface area contributed by atoms with Gasteiger partial charge in [-0.1, -0.05) is 0 Å². The number of amides is 1. The maximum Gasteiger partial charge on any atom is 0.225 e. The van der Waals surface area contributed by atoms with Crippen LogP contribution in [0, 0.1) is 11.6 Å². The summed E-state index contributed by atoms with van der Waals surface area (Å²) < 4.78 is 25.3. The van der Waals surface area contributed by atoms with E-state index in [1.807, 2.05) is 0 Å². The number of rotatable bonds is 4. The molecule has 0 saturated carbocycles. The van der Waals surface area contributed by atoms with E-state index in [0.29, 0.717) is 6.54 Å². The van der Waals surface area contributed by atoms with E-state index in [4.69, 9.17) is 0 Å². The lowest BCUT2D eigenvalue weighted by atomic mass is 10.3. The van der Waals surface area contributed by atoms with Crippen LogP contribution in [0.2, 0.25) is 0 Å². The van der Waals surface area contributed by atoms with Crippen LogP contribution < -0.4 is 10.6 Å². The van der Waals surface area contributed by atoms with Gasteiger partial charge in [-0.3, -0.25) is 4.79 Å². The molecule has 0 aromatic heterocycles. The largest absolute Gasteiger partial charge is 0.326 e. The second-order valence-electron chi connectivity index (χ2n) is 3.03. The summed E-state index contributed by atoms with van der Waals surface area (Å²) in [5.74, 6) is -2.14. The van der Waals surface area contributed by atoms with E-state index in [-0.39, 0.29) is 18.0 Å². The Kier molecular flexibility index (Phi) is 4.17. The summed E-state index contributed by atoms with van der Waals surface area (Å²) in [5.41, 5.74) is 0.259. The molecule has 0 atom stereocenters. The first-order valence-corrected chi connectivity index (χ1v) is 4.53. The van der Waals surface area contributed by atoms with Crippen LogP contribution in [-0.4, -0.2) is 19.5 Å². The molecule has 0 fully saturated rings. The molecule has 3 nitrogen and oxygen atoms in total. The Morgan fingerprint density at radius 3 is 2.67 bits per heavy atom. The standard InChI is InChI=1S/C10H12F2N2O/c1-13-5-4-10(15)14-7-2-3-8(11)9(12)6-7/h2-3,6,13H,4-5H2,1H3,(H,14,15). The topological polar surface area (TPSA) is 41.1 Å². The van der Waals surface area contributed by atoms with Gasteiger partial charge >= 0.3 is 0 Å². The number of halogens is 2. The Morgan fingerprint density at radius 2 is 2.07 bits per heavy atom. The Balaban J connectivity index is 2.57. The highest BCUT2D eigenvalue weighted by atomic mass is 19.2. The van der Waals surface area contributed by atoms with Crippen LogP contribution in [0.4, 0.5) is 14.5 Å². The summed E-state index contributed by atoms with van der Waals surface area (Å²) in [6.07, 6.45) is 0.287. The van der Waals surface area contributed by atoms with E-state index in [1.54, 1.807) is 7.05 Å². The van der Waals surface area contributed by atoms with Crippen LogP contribution in [0.1, 0.15) is 6.42 Å². The van der Waals surface area contributed by atoms with E-state index < -0.39 is 11.6 Å². The second kappa shape index (κ2) is 5.41. The minimum Gasteiger partial charge on any atom is -0.326 e. The van der Waals surface area contributed by atoms with Gasteiger partial charge in [-0.15, -0.1) is 0 Å². The molecule has 0 unspecified atom stereocenters. The molecule has 0 bridgehead atoms. The smallest absolute Gasteiger partial charge is 0.225 e. The molecule has 1 rings (SSSR count). The fourth-order valence-electron chi connectivity index (χ4n) is 1.04.